The number of methoxy groups -OCH3 is 1. The van der Waals surface area contributed by atoms with E-state index in [-0.39, 0.29) is 47.7 Å². The lowest BCUT2D eigenvalue weighted by Gasteiger charge is -2.37. The summed E-state index contributed by atoms with van der Waals surface area (Å²) in [7, 11) is 6.39. The van der Waals surface area contributed by atoms with E-state index >= 15 is 0 Å². The highest BCUT2D eigenvalue weighted by molar-refractivity contribution is 7.09. The number of carbonyl (C=O) groups excluding carboxylic acids is 5. The smallest absolute Gasteiger partial charge is 0.289 e. The third kappa shape index (κ3) is 10.9. The normalized spacial score (nSPS) is 15.2. The molecule has 0 saturated heterocycles. The van der Waals surface area contributed by atoms with Crippen LogP contribution in [-0.2, 0) is 30.3 Å². The summed E-state index contributed by atoms with van der Waals surface area (Å²) >= 11 is 1.24. The average Bonchev–Trinajstić information content (AvgIpc) is 3.56. The van der Waals surface area contributed by atoms with Crippen molar-refractivity contribution in [2.24, 2.45) is 17.8 Å². The van der Waals surface area contributed by atoms with Crippen LogP contribution in [0.3, 0.4) is 0 Å². The van der Waals surface area contributed by atoms with Gasteiger partial charge in [-0.3, -0.25) is 24.0 Å². The zero-order valence-corrected chi connectivity index (χ0v) is 30.8. The first-order chi connectivity index (χ1) is 22.7. The van der Waals surface area contributed by atoms with Gasteiger partial charge in [0.15, 0.2) is 0 Å². The number of benzene rings is 1. The second-order valence-corrected chi connectivity index (χ2v) is 13.7. The molecule has 0 bridgehead atoms. The summed E-state index contributed by atoms with van der Waals surface area (Å²) in [6.07, 6.45) is 0.688. The molecule has 4 N–H and O–H groups in total. The van der Waals surface area contributed by atoms with E-state index in [1.54, 1.807) is 31.5 Å². The SMILES string of the molecule is CCC(C)[C@H](NC(=O)[C@@H](NC)C(C)C)C(=O)N(C)[C@H](CC(OC)c1nc(C(=O)N[C@@H](Cc2ccccc2)C(=O)C(=O)NC)cs1)C(C)C. The van der Waals surface area contributed by atoms with Gasteiger partial charge in [0.1, 0.15) is 28.9 Å². The number of carbonyl (C=O) groups is 5. The van der Waals surface area contributed by atoms with Crippen LogP contribution in [0.4, 0.5) is 0 Å². The number of likely N-dealkylation sites (N-methyl/N-ethyl adjacent to an activating group) is 3. The van der Waals surface area contributed by atoms with Gasteiger partial charge in [-0.15, -0.1) is 11.3 Å². The molecule has 1 heterocycles. The van der Waals surface area contributed by atoms with E-state index in [0.29, 0.717) is 17.8 Å². The molecule has 1 aromatic carbocycles. The third-order valence-corrected chi connectivity index (χ3v) is 9.71. The largest absolute Gasteiger partial charge is 0.374 e. The van der Waals surface area contributed by atoms with Crippen molar-refractivity contribution in [2.45, 2.75) is 91.1 Å². The number of thiazole rings is 1. The van der Waals surface area contributed by atoms with Gasteiger partial charge < -0.3 is 30.9 Å². The van der Waals surface area contributed by atoms with Crippen LogP contribution in [0.2, 0.25) is 0 Å². The van der Waals surface area contributed by atoms with Gasteiger partial charge in [-0.25, -0.2) is 4.98 Å². The molecule has 6 atom stereocenters. The molecule has 0 aliphatic carbocycles. The second kappa shape index (κ2) is 19.4. The zero-order chi connectivity index (χ0) is 36.1. The quantitative estimate of drug-likeness (QED) is 0.164. The highest BCUT2D eigenvalue weighted by atomic mass is 32.1. The standard InChI is InChI=1S/C35H54N6O6S/c1-11-22(6)29(40-32(44)28(36-7)21(4)5)35(46)41(9)26(20(2)3)18-27(47-10)34-39-25(19-48-34)31(43)38-24(30(42)33(45)37-8)17-23-15-13-12-14-16-23/h12-16,19-22,24,26-29,36H,11,17-18H2,1-10H3,(H,37,45)(H,38,43)(H,40,44)/t22?,24-,26+,27?,28-,29-/m0/s1. The molecule has 0 aliphatic rings. The van der Waals surface area contributed by atoms with Gasteiger partial charge in [-0.1, -0.05) is 78.3 Å². The van der Waals surface area contributed by atoms with Gasteiger partial charge in [0.25, 0.3) is 11.8 Å². The summed E-state index contributed by atoms with van der Waals surface area (Å²) < 4.78 is 5.84. The van der Waals surface area contributed by atoms with Gasteiger partial charge >= 0.3 is 0 Å². The Bertz CT molecular complexity index is 1370. The summed E-state index contributed by atoms with van der Waals surface area (Å²) in [5.74, 6) is -2.58. The zero-order valence-electron chi connectivity index (χ0n) is 30.0. The number of ether oxygens (including phenoxy) is 1. The number of nitrogens with one attached hydrogen (secondary N) is 4. The van der Waals surface area contributed by atoms with Crippen molar-refractivity contribution in [1.29, 1.82) is 0 Å². The highest BCUT2D eigenvalue weighted by Gasteiger charge is 2.36. The fourth-order valence-electron chi connectivity index (χ4n) is 5.58. The lowest BCUT2D eigenvalue weighted by molar-refractivity contribution is -0.140. The van der Waals surface area contributed by atoms with Gasteiger partial charge in [0.2, 0.25) is 17.6 Å². The van der Waals surface area contributed by atoms with E-state index < -0.39 is 41.8 Å². The molecule has 13 heteroatoms. The minimum Gasteiger partial charge on any atom is -0.374 e. The number of nitrogens with zero attached hydrogens (tertiary/aromatic N) is 2. The first kappa shape index (κ1) is 40.5. The van der Waals surface area contributed by atoms with Crippen LogP contribution in [0.1, 0.15) is 81.5 Å². The van der Waals surface area contributed by atoms with E-state index in [1.165, 1.54) is 18.4 Å². The van der Waals surface area contributed by atoms with Crippen LogP contribution in [0.15, 0.2) is 35.7 Å². The Morgan fingerprint density at radius 1 is 0.938 bits per heavy atom. The molecular weight excluding hydrogens is 632 g/mol. The maximum absolute atomic E-state index is 14.0. The molecule has 4 amide bonds. The summed E-state index contributed by atoms with van der Waals surface area (Å²) in [5, 5.41) is 13.2. The molecule has 2 unspecified atom stereocenters. The minimum absolute atomic E-state index is 0.0304. The van der Waals surface area contributed by atoms with Gasteiger partial charge in [0, 0.05) is 45.5 Å². The topological polar surface area (TPSA) is 159 Å². The summed E-state index contributed by atoms with van der Waals surface area (Å²) in [6, 6.07) is 6.60. The Balaban J connectivity index is 2.27. The first-order valence-electron chi connectivity index (χ1n) is 16.5. The molecule has 2 aromatic rings. The summed E-state index contributed by atoms with van der Waals surface area (Å²) in [5.41, 5.74) is 0.878. The van der Waals surface area contributed by atoms with Crippen LogP contribution in [-0.4, -0.2) is 91.7 Å². The molecule has 0 radical (unpaired) electrons. The molecule has 12 nitrogen and oxygen atoms in total. The molecule has 0 saturated carbocycles. The Morgan fingerprint density at radius 2 is 1.58 bits per heavy atom. The van der Waals surface area contributed by atoms with Crippen molar-refractivity contribution in [2.75, 3.05) is 28.3 Å². The van der Waals surface area contributed by atoms with Crippen molar-refractivity contribution < 1.29 is 28.7 Å². The van der Waals surface area contributed by atoms with E-state index in [1.807, 2.05) is 71.9 Å². The van der Waals surface area contributed by atoms with Crippen LogP contribution < -0.4 is 21.3 Å². The van der Waals surface area contributed by atoms with E-state index in [9.17, 15) is 24.0 Å². The lowest BCUT2D eigenvalue weighted by atomic mass is 9.92. The Labute approximate surface area is 289 Å². The van der Waals surface area contributed by atoms with Crippen LogP contribution in [0, 0.1) is 17.8 Å². The van der Waals surface area contributed by atoms with Crippen molar-refractivity contribution >= 4 is 40.7 Å². The van der Waals surface area contributed by atoms with Crippen LogP contribution in [0.5, 0.6) is 0 Å². The monoisotopic (exact) mass is 686 g/mol. The molecule has 0 aliphatic heterocycles. The number of ketones is 1. The van der Waals surface area contributed by atoms with E-state index in [2.05, 4.69) is 26.3 Å². The number of hydrogen-bond acceptors (Lipinski definition) is 9. The molecule has 2 rings (SSSR count). The van der Waals surface area contributed by atoms with E-state index in [4.69, 9.17) is 4.74 Å². The lowest BCUT2D eigenvalue weighted by Crippen LogP contribution is -2.57. The van der Waals surface area contributed by atoms with Crippen molar-refractivity contribution in [1.82, 2.24) is 31.2 Å². The minimum atomic E-state index is -1.09. The molecule has 266 valence electrons. The average molecular weight is 687 g/mol. The Kier molecular flexibility index (Phi) is 16.3. The van der Waals surface area contributed by atoms with Crippen molar-refractivity contribution in [3.63, 3.8) is 0 Å². The first-order valence-corrected chi connectivity index (χ1v) is 17.4. The molecule has 0 fully saturated rings. The predicted octanol–water partition coefficient (Wildman–Crippen LogP) is 3.13. The molecule has 48 heavy (non-hydrogen) atoms. The van der Waals surface area contributed by atoms with E-state index in [0.717, 1.165) is 5.56 Å². The molecule has 0 spiro atoms. The number of Topliss-reactive ketones (excluding diaryl/α,β-unsaturated/α-hetero) is 1. The Hall–Kier alpha value is -3.68. The van der Waals surface area contributed by atoms with Crippen LogP contribution in [0.25, 0.3) is 0 Å². The van der Waals surface area contributed by atoms with Gasteiger partial charge in [-0.2, -0.15) is 0 Å². The predicted molar refractivity (Wildman–Crippen MR) is 187 cm³/mol. The third-order valence-electron chi connectivity index (χ3n) is 8.78. The fourth-order valence-corrected chi connectivity index (χ4v) is 6.47. The maximum atomic E-state index is 14.0. The number of hydrogen-bond donors (Lipinski definition) is 4. The number of aromatic nitrogens is 1. The van der Waals surface area contributed by atoms with Crippen molar-refractivity contribution in [3.05, 3.63) is 52.0 Å². The maximum Gasteiger partial charge on any atom is 0.289 e. The number of amides is 4. The number of rotatable bonds is 19. The van der Waals surface area contributed by atoms with Gasteiger partial charge in [0.05, 0.1) is 6.04 Å². The summed E-state index contributed by atoms with van der Waals surface area (Å²) in [4.78, 5) is 71.7. The fraction of sp³-hybridized carbons (Fsp3) is 0.600. The summed E-state index contributed by atoms with van der Waals surface area (Å²) in [6.45, 7) is 11.9. The molecule has 1 aromatic heterocycles. The van der Waals surface area contributed by atoms with Crippen LogP contribution >= 0.6 is 11.3 Å². The Morgan fingerprint density at radius 3 is 2.10 bits per heavy atom. The second-order valence-electron chi connectivity index (χ2n) is 12.8. The molecular formula is C35H54N6O6S. The highest BCUT2D eigenvalue weighted by Crippen LogP contribution is 2.30. The van der Waals surface area contributed by atoms with Crippen molar-refractivity contribution in [3.8, 4) is 0 Å². The van der Waals surface area contributed by atoms with Gasteiger partial charge in [-0.05, 0) is 30.4 Å².